The molecule has 134 valence electrons. The van der Waals surface area contributed by atoms with Gasteiger partial charge in [0.1, 0.15) is 5.75 Å². The minimum Gasteiger partial charge on any atom is -0.493 e. The van der Waals surface area contributed by atoms with Crippen LogP contribution in [0.4, 0.5) is 4.79 Å². The largest absolute Gasteiger partial charge is 0.493 e. The Morgan fingerprint density at radius 1 is 0.963 bits per heavy atom. The van der Waals surface area contributed by atoms with Gasteiger partial charge < -0.3 is 10.1 Å². The fourth-order valence-electron chi connectivity index (χ4n) is 4.12. The summed E-state index contributed by atoms with van der Waals surface area (Å²) in [5, 5.41) is 5.09. The highest BCUT2D eigenvalue weighted by atomic mass is 16.5. The van der Waals surface area contributed by atoms with Gasteiger partial charge in [0.2, 0.25) is 0 Å². The van der Waals surface area contributed by atoms with Crippen LogP contribution in [0.1, 0.15) is 17.5 Å². The summed E-state index contributed by atoms with van der Waals surface area (Å²) in [6, 6.07) is 21.0. The highest BCUT2D eigenvalue weighted by Gasteiger charge is 2.54. The summed E-state index contributed by atoms with van der Waals surface area (Å²) in [6.45, 7) is 0.641. The van der Waals surface area contributed by atoms with Crippen LogP contribution in [0.15, 0.2) is 66.7 Å². The molecule has 27 heavy (non-hydrogen) atoms. The van der Waals surface area contributed by atoms with Crippen LogP contribution in [0.25, 0.3) is 10.8 Å². The topological polar surface area (TPSA) is 58.6 Å². The lowest BCUT2D eigenvalue weighted by molar-refractivity contribution is -0.133. The lowest BCUT2D eigenvalue weighted by Crippen LogP contribution is -2.47. The first-order valence-electron chi connectivity index (χ1n) is 9.02. The molecule has 1 unspecified atom stereocenters. The molecule has 5 nitrogen and oxygen atoms in total. The van der Waals surface area contributed by atoms with Gasteiger partial charge in [0.25, 0.3) is 5.91 Å². The van der Waals surface area contributed by atoms with Crippen LogP contribution in [-0.2, 0) is 16.9 Å². The fraction of sp³-hybridized carbons (Fsp3) is 0.182. The summed E-state index contributed by atoms with van der Waals surface area (Å²) in [5.41, 5.74) is 0.653. The van der Waals surface area contributed by atoms with Gasteiger partial charge in [0.05, 0.1) is 13.2 Å². The zero-order valence-electron chi connectivity index (χ0n) is 14.6. The van der Waals surface area contributed by atoms with Gasteiger partial charge in [0, 0.05) is 12.0 Å². The van der Waals surface area contributed by atoms with E-state index >= 15 is 0 Å². The first-order chi connectivity index (χ1) is 13.2. The van der Waals surface area contributed by atoms with Crippen LogP contribution in [0.5, 0.6) is 5.75 Å². The maximum absolute atomic E-state index is 13.4. The molecule has 1 fully saturated rings. The van der Waals surface area contributed by atoms with Crippen LogP contribution in [0, 0.1) is 0 Å². The molecule has 2 aliphatic rings. The molecule has 5 heteroatoms. The minimum absolute atomic E-state index is 0.212. The average molecular weight is 358 g/mol. The number of hydrogen-bond acceptors (Lipinski definition) is 3. The van der Waals surface area contributed by atoms with E-state index in [2.05, 4.69) is 5.32 Å². The number of nitrogens with one attached hydrogen (secondary N) is 1. The van der Waals surface area contributed by atoms with Crippen LogP contribution >= 0.6 is 0 Å². The first-order valence-corrected chi connectivity index (χ1v) is 9.02. The number of amides is 3. The Labute approximate surface area is 156 Å². The Morgan fingerprint density at radius 3 is 2.67 bits per heavy atom. The quantitative estimate of drug-likeness (QED) is 0.713. The Hall–Kier alpha value is -3.34. The van der Waals surface area contributed by atoms with Crippen molar-refractivity contribution in [1.29, 1.82) is 0 Å². The van der Waals surface area contributed by atoms with E-state index in [9.17, 15) is 9.59 Å². The highest BCUT2D eigenvalue weighted by molar-refractivity contribution is 6.08. The molecule has 3 aromatic carbocycles. The second-order valence-corrected chi connectivity index (χ2v) is 6.96. The van der Waals surface area contributed by atoms with E-state index in [1.165, 1.54) is 4.90 Å². The summed E-state index contributed by atoms with van der Waals surface area (Å²) in [4.78, 5) is 27.5. The van der Waals surface area contributed by atoms with Crippen molar-refractivity contribution in [2.75, 3.05) is 6.61 Å². The van der Waals surface area contributed by atoms with Gasteiger partial charge in [-0.05, 0) is 22.4 Å². The lowest BCUT2D eigenvalue weighted by Gasteiger charge is -2.33. The normalized spacial score (nSPS) is 21.3. The Bertz CT molecular complexity index is 1070. The summed E-state index contributed by atoms with van der Waals surface area (Å²) in [7, 11) is 0. The summed E-state index contributed by atoms with van der Waals surface area (Å²) in [5.74, 6) is 0.445. The van der Waals surface area contributed by atoms with Gasteiger partial charge in [-0.2, -0.15) is 0 Å². The Balaban J connectivity index is 1.54. The molecule has 1 spiro atoms. The van der Waals surface area contributed by atoms with Crippen molar-refractivity contribution in [3.05, 3.63) is 77.9 Å². The number of para-hydroxylation sites is 1. The number of fused-ring (bicyclic) bond motifs is 3. The molecule has 0 radical (unpaired) electrons. The lowest BCUT2D eigenvalue weighted by atomic mass is 9.84. The number of carbonyl (C=O) groups is 2. The maximum Gasteiger partial charge on any atom is 0.325 e. The Morgan fingerprint density at radius 2 is 1.74 bits per heavy atom. The van der Waals surface area contributed by atoms with E-state index in [0.29, 0.717) is 18.8 Å². The van der Waals surface area contributed by atoms with Crippen LogP contribution < -0.4 is 10.1 Å². The molecule has 2 heterocycles. The molecule has 5 rings (SSSR count). The molecular weight excluding hydrogens is 340 g/mol. The second-order valence-electron chi connectivity index (χ2n) is 6.96. The molecule has 0 bridgehead atoms. The van der Waals surface area contributed by atoms with Crippen molar-refractivity contribution in [2.45, 2.75) is 18.5 Å². The number of carbonyl (C=O) groups excluding carboxylic acids is 2. The van der Waals surface area contributed by atoms with E-state index in [4.69, 9.17) is 4.74 Å². The number of ether oxygens (including phenoxy) is 1. The number of nitrogens with zero attached hydrogens (tertiary/aromatic N) is 1. The molecule has 1 saturated heterocycles. The molecule has 3 amide bonds. The first kappa shape index (κ1) is 15.9. The van der Waals surface area contributed by atoms with Gasteiger partial charge in [-0.25, -0.2) is 4.79 Å². The second kappa shape index (κ2) is 5.84. The summed E-state index contributed by atoms with van der Waals surface area (Å²) < 4.78 is 5.68. The zero-order valence-corrected chi connectivity index (χ0v) is 14.6. The monoisotopic (exact) mass is 358 g/mol. The van der Waals surface area contributed by atoms with E-state index in [1.54, 1.807) is 0 Å². The van der Waals surface area contributed by atoms with Crippen LogP contribution in [0.3, 0.4) is 0 Å². The molecule has 3 aromatic rings. The minimum atomic E-state index is -1.03. The van der Waals surface area contributed by atoms with Crippen molar-refractivity contribution in [3.63, 3.8) is 0 Å². The molecule has 1 N–H and O–H groups in total. The van der Waals surface area contributed by atoms with Gasteiger partial charge in [-0.3, -0.25) is 9.69 Å². The molecule has 0 aromatic heterocycles. The van der Waals surface area contributed by atoms with E-state index in [1.807, 2.05) is 66.7 Å². The van der Waals surface area contributed by atoms with Gasteiger partial charge in [-0.15, -0.1) is 0 Å². The summed E-state index contributed by atoms with van der Waals surface area (Å²) in [6.07, 6.45) is 0.431. The number of rotatable bonds is 2. The standard InChI is InChI=1S/C22H18N2O3/c25-20-22(12-13-27-19-11-4-3-10-18(19)22)23-21(26)24(20)14-16-8-5-7-15-6-1-2-9-17(15)16/h1-11H,12-14H2,(H,23,26). The fourth-order valence-corrected chi connectivity index (χ4v) is 4.12. The Kier molecular flexibility index (Phi) is 3.44. The molecule has 1 atom stereocenters. The zero-order chi connectivity index (χ0) is 18.4. The third-order valence-electron chi connectivity index (χ3n) is 5.47. The van der Waals surface area contributed by atoms with E-state index < -0.39 is 5.54 Å². The van der Waals surface area contributed by atoms with E-state index in [0.717, 1.165) is 21.9 Å². The number of imide groups is 1. The predicted molar refractivity (Wildman–Crippen MR) is 101 cm³/mol. The van der Waals surface area contributed by atoms with Crippen LogP contribution in [0.2, 0.25) is 0 Å². The average Bonchev–Trinajstić information content (AvgIpc) is 2.93. The molecule has 0 aliphatic carbocycles. The highest BCUT2D eigenvalue weighted by Crippen LogP contribution is 2.41. The number of hydrogen-bond donors (Lipinski definition) is 1. The van der Waals surface area contributed by atoms with Crippen molar-refractivity contribution < 1.29 is 14.3 Å². The molecule has 0 saturated carbocycles. The van der Waals surface area contributed by atoms with Crippen LogP contribution in [-0.4, -0.2) is 23.4 Å². The third-order valence-corrected chi connectivity index (χ3v) is 5.47. The molecule has 2 aliphatic heterocycles. The van der Waals surface area contributed by atoms with Crippen molar-refractivity contribution in [1.82, 2.24) is 10.2 Å². The number of benzene rings is 3. The summed E-state index contributed by atoms with van der Waals surface area (Å²) >= 11 is 0. The molecular formula is C22H18N2O3. The van der Waals surface area contributed by atoms with Gasteiger partial charge in [0.15, 0.2) is 5.54 Å². The van der Waals surface area contributed by atoms with Crippen molar-refractivity contribution >= 4 is 22.7 Å². The maximum atomic E-state index is 13.4. The smallest absolute Gasteiger partial charge is 0.325 e. The van der Waals surface area contributed by atoms with Gasteiger partial charge in [-0.1, -0.05) is 60.7 Å². The third kappa shape index (κ3) is 2.31. The van der Waals surface area contributed by atoms with Crippen molar-refractivity contribution in [3.8, 4) is 5.75 Å². The van der Waals surface area contributed by atoms with Crippen molar-refractivity contribution in [2.24, 2.45) is 0 Å². The number of urea groups is 1. The SMILES string of the molecule is O=C1NC2(CCOc3ccccc32)C(=O)N1Cc1cccc2ccccc12. The van der Waals surface area contributed by atoms with E-state index in [-0.39, 0.29) is 18.5 Å². The predicted octanol–water partition coefficient (Wildman–Crippen LogP) is 3.57. The van der Waals surface area contributed by atoms with Gasteiger partial charge >= 0.3 is 6.03 Å².